The number of aromatic hydroxyl groups is 1. The van der Waals surface area contributed by atoms with E-state index in [1.54, 1.807) is 19.1 Å². The van der Waals surface area contributed by atoms with Gasteiger partial charge in [0.05, 0.1) is 18.2 Å². The van der Waals surface area contributed by atoms with Crippen LogP contribution in [0.4, 0.5) is 4.39 Å². The molecule has 0 saturated heterocycles. The zero-order valence-corrected chi connectivity index (χ0v) is 14.6. The van der Waals surface area contributed by atoms with Crippen LogP contribution in [0.5, 0.6) is 5.75 Å². The number of carbonyl (C=O) groups excluding carboxylic acids is 1. The number of aliphatic hydroxyl groups is 1. The van der Waals surface area contributed by atoms with E-state index >= 15 is 0 Å². The molecule has 0 aliphatic carbocycles. The number of pyridine rings is 1. The summed E-state index contributed by atoms with van der Waals surface area (Å²) in [7, 11) is 0. The highest BCUT2D eigenvalue weighted by Crippen LogP contribution is 2.20. The number of rotatable bonds is 5. The maximum atomic E-state index is 13.8. The van der Waals surface area contributed by atoms with E-state index in [0.29, 0.717) is 5.56 Å². The lowest BCUT2D eigenvalue weighted by Crippen LogP contribution is -2.37. The number of aromatic nitrogens is 1. The van der Waals surface area contributed by atoms with E-state index in [2.05, 4.69) is 4.98 Å². The summed E-state index contributed by atoms with van der Waals surface area (Å²) in [5.74, 6) is -1.13. The van der Waals surface area contributed by atoms with Crippen LogP contribution in [0.3, 0.4) is 0 Å². The Morgan fingerprint density at radius 2 is 2.00 bits per heavy atom. The number of aliphatic hydroxyl groups excluding tert-OH is 1. The second-order valence-electron chi connectivity index (χ2n) is 6.15. The Kier molecular flexibility index (Phi) is 5.23. The number of phenolic OH excluding ortho intramolecular Hbond substituents is 1. The van der Waals surface area contributed by atoms with Gasteiger partial charge in [-0.05, 0) is 36.8 Å². The Balaban J connectivity index is 1.90. The predicted octanol–water partition coefficient (Wildman–Crippen LogP) is 2.57. The van der Waals surface area contributed by atoms with Crippen LogP contribution >= 0.6 is 0 Å². The van der Waals surface area contributed by atoms with E-state index < -0.39 is 23.3 Å². The van der Waals surface area contributed by atoms with Crippen LogP contribution in [0, 0.1) is 5.82 Å². The molecule has 1 atom stereocenters. The van der Waals surface area contributed by atoms with Crippen molar-refractivity contribution in [3.8, 4) is 5.75 Å². The molecule has 7 heteroatoms. The highest BCUT2D eigenvalue weighted by Gasteiger charge is 2.22. The molecule has 0 aliphatic heterocycles. The number of carbonyl (C=O) groups is 1. The standard InChI is InChI=1S/C20H19FN2O4/c1-2-23(11-17(25)12-5-3-6-13(24)9-12)20(27)15-10-22-18-14(19(15)26)7-4-8-16(18)21/h3-10,17,24-25H,2,11H2,1H3,(H,22,26)/t17-/m0/s1. The van der Waals surface area contributed by atoms with Gasteiger partial charge in [0.1, 0.15) is 17.1 Å². The summed E-state index contributed by atoms with van der Waals surface area (Å²) in [5.41, 5.74) is -0.200. The van der Waals surface area contributed by atoms with Gasteiger partial charge in [0.25, 0.3) is 5.91 Å². The maximum absolute atomic E-state index is 13.8. The summed E-state index contributed by atoms with van der Waals surface area (Å²) in [6.45, 7) is 1.93. The van der Waals surface area contributed by atoms with Gasteiger partial charge in [-0.25, -0.2) is 4.39 Å². The molecule has 0 aliphatic rings. The Labute approximate surface area is 154 Å². The number of H-pyrrole nitrogens is 1. The van der Waals surface area contributed by atoms with Gasteiger partial charge in [0, 0.05) is 18.1 Å². The number of amides is 1. The van der Waals surface area contributed by atoms with E-state index in [4.69, 9.17) is 0 Å². The van der Waals surface area contributed by atoms with Crippen LogP contribution in [0.1, 0.15) is 28.9 Å². The molecule has 1 aromatic heterocycles. The van der Waals surface area contributed by atoms with Crippen molar-refractivity contribution in [1.29, 1.82) is 0 Å². The van der Waals surface area contributed by atoms with Gasteiger partial charge in [-0.2, -0.15) is 0 Å². The van der Waals surface area contributed by atoms with E-state index in [9.17, 15) is 24.2 Å². The molecule has 0 saturated carbocycles. The lowest BCUT2D eigenvalue weighted by molar-refractivity contribution is 0.0633. The van der Waals surface area contributed by atoms with Crippen molar-refractivity contribution in [2.24, 2.45) is 0 Å². The lowest BCUT2D eigenvalue weighted by Gasteiger charge is -2.24. The second kappa shape index (κ2) is 7.59. The number of phenols is 1. The first kappa shape index (κ1) is 18.6. The molecule has 0 radical (unpaired) electrons. The Morgan fingerprint density at radius 3 is 2.70 bits per heavy atom. The monoisotopic (exact) mass is 370 g/mol. The first-order valence-corrected chi connectivity index (χ1v) is 8.48. The fourth-order valence-electron chi connectivity index (χ4n) is 2.95. The molecule has 3 aromatic rings. The molecule has 1 amide bonds. The number of hydrogen-bond acceptors (Lipinski definition) is 4. The predicted molar refractivity (Wildman–Crippen MR) is 99.2 cm³/mol. The minimum absolute atomic E-state index is 0.00826. The molecule has 3 N–H and O–H groups in total. The first-order chi connectivity index (χ1) is 12.9. The number of nitrogens with one attached hydrogen (secondary N) is 1. The highest BCUT2D eigenvalue weighted by molar-refractivity contribution is 5.97. The molecule has 0 unspecified atom stereocenters. The van der Waals surface area contributed by atoms with Gasteiger partial charge in [-0.1, -0.05) is 18.2 Å². The first-order valence-electron chi connectivity index (χ1n) is 8.48. The molecule has 0 fully saturated rings. The van der Waals surface area contributed by atoms with E-state index in [1.165, 1.54) is 41.4 Å². The van der Waals surface area contributed by atoms with Crippen molar-refractivity contribution in [2.45, 2.75) is 13.0 Å². The van der Waals surface area contributed by atoms with Crippen molar-refractivity contribution in [2.75, 3.05) is 13.1 Å². The summed E-state index contributed by atoms with van der Waals surface area (Å²) >= 11 is 0. The number of halogens is 1. The SMILES string of the molecule is CCN(C[C@H](O)c1cccc(O)c1)C(=O)c1c[nH]c2c(F)cccc2c1=O. The summed E-state index contributed by atoms with van der Waals surface area (Å²) in [5, 5.41) is 20.0. The molecular weight excluding hydrogens is 351 g/mol. The zero-order chi connectivity index (χ0) is 19.6. The number of para-hydroxylation sites is 1. The average Bonchev–Trinajstić information content (AvgIpc) is 2.66. The molecule has 0 spiro atoms. The van der Waals surface area contributed by atoms with Crippen molar-refractivity contribution in [1.82, 2.24) is 9.88 Å². The number of hydrogen-bond donors (Lipinski definition) is 3. The Bertz CT molecular complexity index is 1050. The molecule has 6 nitrogen and oxygen atoms in total. The van der Waals surface area contributed by atoms with Crippen LogP contribution in [0.15, 0.2) is 53.5 Å². The number of aromatic amines is 1. The number of fused-ring (bicyclic) bond motifs is 1. The molecule has 3 rings (SSSR count). The molecule has 2 aromatic carbocycles. The normalized spacial score (nSPS) is 12.1. The van der Waals surface area contributed by atoms with Gasteiger partial charge >= 0.3 is 0 Å². The van der Waals surface area contributed by atoms with E-state index in [-0.39, 0.29) is 35.3 Å². The number of nitrogens with zero attached hydrogens (tertiary/aromatic N) is 1. The number of likely N-dealkylation sites (N-methyl/N-ethyl adjacent to an activating group) is 1. The quantitative estimate of drug-likeness (QED) is 0.643. The lowest BCUT2D eigenvalue weighted by atomic mass is 10.1. The van der Waals surface area contributed by atoms with Crippen molar-refractivity contribution in [3.63, 3.8) is 0 Å². The fraction of sp³-hybridized carbons (Fsp3) is 0.200. The van der Waals surface area contributed by atoms with Gasteiger partial charge < -0.3 is 20.1 Å². The molecule has 1 heterocycles. The minimum atomic E-state index is -1.03. The average molecular weight is 370 g/mol. The third kappa shape index (κ3) is 3.68. The van der Waals surface area contributed by atoms with Crippen LogP contribution in [-0.4, -0.2) is 39.1 Å². The Morgan fingerprint density at radius 1 is 1.26 bits per heavy atom. The smallest absolute Gasteiger partial charge is 0.259 e. The van der Waals surface area contributed by atoms with Crippen molar-refractivity contribution in [3.05, 3.63) is 75.8 Å². The van der Waals surface area contributed by atoms with E-state index in [0.717, 1.165) is 0 Å². The van der Waals surface area contributed by atoms with Gasteiger partial charge in [0.2, 0.25) is 5.43 Å². The number of benzene rings is 2. The third-order valence-electron chi connectivity index (χ3n) is 4.41. The molecule has 0 bridgehead atoms. The second-order valence-corrected chi connectivity index (χ2v) is 6.15. The molecule has 27 heavy (non-hydrogen) atoms. The summed E-state index contributed by atoms with van der Waals surface area (Å²) < 4.78 is 13.8. The largest absolute Gasteiger partial charge is 0.508 e. The third-order valence-corrected chi connectivity index (χ3v) is 4.41. The van der Waals surface area contributed by atoms with Crippen molar-refractivity contribution < 1.29 is 19.4 Å². The summed E-state index contributed by atoms with van der Waals surface area (Å²) in [6, 6.07) is 10.2. The van der Waals surface area contributed by atoms with E-state index in [1.807, 2.05) is 0 Å². The molecule has 140 valence electrons. The summed E-state index contributed by atoms with van der Waals surface area (Å²) in [6.07, 6.45) is 0.164. The molecular formula is C20H19FN2O4. The zero-order valence-electron chi connectivity index (χ0n) is 14.6. The Hall–Kier alpha value is -3.19. The summed E-state index contributed by atoms with van der Waals surface area (Å²) in [4.78, 5) is 29.4. The van der Waals surface area contributed by atoms with Crippen LogP contribution in [0.2, 0.25) is 0 Å². The van der Waals surface area contributed by atoms with Crippen molar-refractivity contribution >= 4 is 16.8 Å². The fourth-order valence-corrected chi connectivity index (χ4v) is 2.95. The van der Waals surface area contributed by atoms with Crippen LogP contribution < -0.4 is 5.43 Å². The maximum Gasteiger partial charge on any atom is 0.259 e. The van der Waals surface area contributed by atoms with Gasteiger partial charge in [-0.3, -0.25) is 9.59 Å². The van der Waals surface area contributed by atoms with Gasteiger partial charge in [-0.15, -0.1) is 0 Å². The van der Waals surface area contributed by atoms with Gasteiger partial charge in [0.15, 0.2) is 0 Å². The highest BCUT2D eigenvalue weighted by atomic mass is 19.1. The topological polar surface area (TPSA) is 93.6 Å². The minimum Gasteiger partial charge on any atom is -0.508 e. The van der Waals surface area contributed by atoms with Crippen LogP contribution in [0.25, 0.3) is 10.9 Å². The van der Waals surface area contributed by atoms with Crippen LogP contribution in [-0.2, 0) is 0 Å².